The lowest BCUT2D eigenvalue weighted by atomic mass is 9.91. The van der Waals surface area contributed by atoms with Crippen molar-refractivity contribution >= 4 is 18.0 Å². The van der Waals surface area contributed by atoms with Crippen LogP contribution in [0.25, 0.3) is 0 Å². The summed E-state index contributed by atoms with van der Waals surface area (Å²) in [6.07, 6.45) is 2.06. The third kappa shape index (κ3) is 4.14. The van der Waals surface area contributed by atoms with E-state index >= 15 is 0 Å². The zero-order valence-electron chi connectivity index (χ0n) is 8.58. The van der Waals surface area contributed by atoms with Crippen molar-refractivity contribution in [2.24, 2.45) is 5.41 Å². The highest BCUT2D eigenvalue weighted by Crippen LogP contribution is 2.18. The van der Waals surface area contributed by atoms with E-state index in [4.69, 9.17) is 0 Å². The molecule has 0 N–H and O–H groups in total. The third-order valence-electron chi connectivity index (χ3n) is 2.50. The first kappa shape index (κ1) is 11.1. The average molecular weight is 201 g/mol. The highest BCUT2D eigenvalue weighted by atomic mass is 32.2. The van der Waals surface area contributed by atoms with Gasteiger partial charge in [0.25, 0.3) is 0 Å². The highest BCUT2D eigenvalue weighted by molar-refractivity contribution is 7.99. The number of nitrogens with zero attached hydrogens (tertiary/aromatic N) is 1. The lowest BCUT2D eigenvalue weighted by Crippen LogP contribution is -2.35. The molecule has 0 atom stereocenters. The van der Waals surface area contributed by atoms with Crippen LogP contribution in [-0.2, 0) is 4.79 Å². The molecule has 1 aliphatic heterocycles. The van der Waals surface area contributed by atoms with Crippen LogP contribution in [0.4, 0.5) is 0 Å². The molecule has 3 heteroatoms. The Labute approximate surface area is 85.1 Å². The monoisotopic (exact) mass is 201 g/mol. The minimum absolute atomic E-state index is 0.134. The number of rotatable bonds is 4. The number of hydrogen-bond acceptors (Lipinski definition) is 3. The summed E-state index contributed by atoms with van der Waals surface area (Å²) in [4.78, 5) is 13.1. The van der Waals surface area contributed by atoms with E-state index in [9.17, 15) is 4.79 Å². The smallest absolute Gasteiger partial charge is 0.125 e. The third-order valence-corrected chi connectivity index (χ3v) is 3.44. The SMILES string of the molecule is CC(C)(C=O)CCN1CCSCC1. The Bertz CT molecular complexity index is 164. The van der Waals surface area contributed by atoms with Crippen LogP contribution in [0.3, 0.4) is 0 Å². The summed E-state index contributed by atoms with van der Waals surface area (Å²) in [6.45, 7) is 7.49. The zero-order valence-corrected chi connectivity index (χ0v) is 9.40. The molecule has 0 amide bonds. The molecule has 0 radical (unpaired) electrons. The van der Waals surface area contributed by atoms with Crippen LogP contribution in [-0.4, -0.2) is 42.3 Å². The molecule has 1 heterocycles. The van der Waals surface area contributed by atoms with Gasteiger partial charge in [-0.1, -0.05) is 13.8 Å². The van der Waals surface area contributed by atoms with Gasteiger partial charge in [0.2, 0.25) is 0 Å². The summed E-state index contributed by atoms with van der Waals surface area (Å²) in [7, 11) is 0. The molecule has 0 aromatic heterocycles. The van der Waals surface area contributed by atoms with E-state index in [-0.39, 0.29) is 5.41 Å². The molecule has 2 nitrogen and oxygen atoms in total. The molecule has 0 aromatic carbocycles. The summed E-state index contributed by atoms with van der Waals surface area (Å²) in [5, 5.41) is 0. The van der Waals surface area contributed by atoms with Crippen molar-refractivity contribution in [3.63, 3.8) is 0 Å². The van der Waals surface area contributed by atoms with Gasteiger partial charge in [-0.15, -0.1) is 0 Å². The number of carbonyl (C=O) groups excluding carboxylic acids is 1. The molecule has 1 rings (SSSR count). The van der Waals surface area contributed by atoms with Crippen molar-refractivity contribution in [1.82, 2.24) is 4.90 Å². The van der Waals surface area contributed by atoms with Crippen molar-refractivity contribution in [2.45, 2.75) is 20.3 Å². The van der Waals surface area contributed by atoms with Crippen molar-refractivity contribution in [2.75, 3.05) is 31.1 Å². The molecule has 1 saturated heterocycles. The quantitative estimate of drug-likeness (QED) is 0.645. The molecule has 0 unspecified atom stereocenters. The maximum atomic E-state index is 10.7. The Hall–Kier alpha value is -0.0200. The summed E-state index contributed by atoms with van der Waals surface area (Å²) in [5.41, 5.74) is -0.134. The van der Waals surface area contributed by atoms with Gasteiger partial charge in [-0.2, -0.15) is 11.8 Å². The van der Waals surface area contributed by atoms with Crippen LogP contribution in [0.5, 0.6) is 0 Å². The molecule has 0 bridgehead atoms. The van der Waals surface area contributed by atoms with Gasteiger partial charge in [0.1, 0.15) is 6.29 Å². The Balaban J connectivity index is 2.20. The zero-order chi connectivity index (χ0) is 9.73. The van der Waals surface area contributed by atoms with Crippen molar-refractivity contribution in [1.29, 1.82) is 0 Å². The second-order valence-electron chi connectivity index (χ2n) is 4.31. The summed E-state index contributed by atoms with van der Waals surface area (Å²) >= 11 is 2.03. The second-order valence-corrected chi connectivity index (χ2v) is 5.54. The highest BCUT2D eigenvalue weighted by Gasteiger charge is 2.18. The van der Waals surface area contributed by atoms with Crippen LogP contribution >= 0.6 is 11.8 Å². The summed E-state index contributed by atoms with van der Waals surface area (Å²) in [6, 6.07) is 0. The number of thioether (sulfide) groups is 1. The predicted molar refractivity (Wildman–Crippen MR) is 58.2 cm³/mol. The Morgan fingerprint density at radius 1 is 1.38 bits per heavy atom. The minimum Gasteiger partial charge on any atom is -0.303 e. The lowest BCUT2D eigenvalue weighted by Gasteiger charge is -2.28. The van der Waals surface area contributed by atoms with Crippen LogP contribution in [0.1, 0.15) is 20.3 Å². The van der Waals surface area contributed by atoms with Gasteiger partial charge in [-0.05, 0) is 13.0 Å². The molecular formula is C10H19NOS. The van der Waals surface area contributed by atoms with Gasteiger partial charge in [-0.3, -0.25) is 0 Å². The second kappa shape index (κ2) is 5.01. The number of hydrogen-bond donors (Lipinski definition) is 0. The fraction of sp³-hybridized carbons (Fsp3) is 0.900. The van der Waals surface area contributed by atoms with E-state index in [1.165, 1.54) is 24.6 Å². The first-order chi connectivity index (χ1) is 6.14. The Morgan fingerprint density at radius 2 is 2.00 bits per heavy atom. The van der Waals surface area contributed by atoms with Crippen LogP contribution in [0.2, 0.25) is 0 Å². The van der Waals surface area contributed by atoms with Crippen LogP contribution < -0.4 is 0 Å². The van der Waals surface area contributed by atoms with E-state index < -0.39 is 0 Å². The first-order valence-corrected chi connectivity index (χ1v) is 6.06. The lowest BCUT2D eigenvalue weighted by molar-refractivity contribution is -0.115. The van der Waals surface area contributed by atoms with E-state index in [1.54, 1.807) is 0 Å². The standard InChI is InChI=1S/C10H19NOS/c1-10(2,9-12)3-4-11-5-7-13-8-6-11/h9H,3-8H2,1-2H3. The Kier molecular flexibility index (Phi) is 4.26. The molecule has 0 saturated carbocycles. The molecule has 0 aromatic rings. The van der Waals surface area contributed by atoms with E-state index in [0.29, 0.717) is 0 Å². The molecule has 0 aliphatic carbocycles. The topological polar surface area (TPSA) is 20.3 Å². The first-order valence-electron chi connectivity index (χ1n) is 4.90. The largest absolute Gasteiger partial charge is 0.303 e. The number of carbonyl (C=O) groups is 1. The van der Waals surface area contributed by atoms with E-state index in [0.717, 1.165) is 19.3 Å². The van der Waals surface area contributed by atoms with Gasteiger partial charge in [0, 0.05) is 30.0 Å². The molecule has 13 heavy (non-hydrogen) atoms. The van der Waals surface area contributed by atoms with Gasteiger partial charge >= 0.3 is 0 Å². The fourth-order valence-electron chi connectivity index (χ4n) is 1.33. The maximum Gasteiger partial charge on any atom is 0.125 e. The van der Waals surface area contributed by atoms with Gasteiger partial charge in [0.05, 0.1) is 0 Å². The van der Waals surface area contributed by atoms with Crippen LogP contribution in [0.15, 0.2) is 0 Å². The number of aldehydes is 1. The normalized spacial score (nSPS) is 20.2. The maximum absolute atomic E-state index is 10.7. The average Bonchev–Trinajstić information content (AvgIpc) is 2.17. The summed E-state index contributed by atoms with van der Waals surface area (Å²) in [5.74, 6) is 2.50. The molecule has 1 fully saturated rings. The van der Waals surface area contributed by atoms with Crippen molar-refractivity contribution in [3.8, 4) is 0 Å². The van der Waals surface area contributed by atoms with Crippen molar-refractivity contribution < 1.29 is 4.79 Å². The molecule has 0 spiro atoms. The molecule has 1 aliphatic rings. The minimum atomic E-state index is -0.134. The molecular weight excluding hydrogens is 182 g/mol. The van der Waals surface area contributed by atoms with Crippen molar-refractivity contribution in [3.05, 3.63) is 0 Å². The summed E-state index contributed by atoms with van der Waals surface area (Å²) < 4.78 is 0. The van der Waals surface area contributed by atoms with Gasteiger partial charge in [-0.25, -0.2) is 0 Å². The van der Waals surface area contributed by atoms with Gasteiger partial charge in [0.15, 0.2) is 0 Å². The van der Waals surface area contributed by atoms with E-state index in [1.807, 2.05) is 25.6 Å². The van der Waals surface area contributed by atoms with Gasteiger partial charge < -0.3 is 9.69 Å². The van der Waals surface area contributed by atoms with Crippen LogP contribution in [0, 0.1) is 5.41 Å². The van der Waals surface area contributed by atoms with E-state index in [2.05, 4.69) is 4.90 Å². The Morgan fingerprint density at radius 3 is 2.54 bits per heavy atom. The fourth-order valence-corrected chi connectivity index (χ4v) is 2.31. The molecule has 76 valence electrons. The predicted octanol–water partition coefficient (Wildman–Crippen LogP) is 1.65.